The lowest BCUT2D eigenvalue weighted by molar-refractivity contribution is 0.0950. The van der Waals surface area contributed by atoms with E-state index in [0.717, 1.165) is 12.1 Å². The Morgan fingerprint density at radius 3 is 2.83 bits per heavy atom. The molecule has 0 atom stereocenters. The number of nitrogens with one attached hydrogen (secondary N) is 1. The smallest absolute Gasteiger partial charge is 0.251 e. The van der Waals surface area contributed by atoms with E-state index in [0.29, 0.717) is 41.1 Å². The van der Waals surface area contributed by atoms with Gasteiger partial charge in [-0.2, -0.15) is 0 Å². The van der Waals surface area contributed by atoms with Crippen LogP contribution >= 0.6 is 11.6 Å². The first-order valence-electron chi connectivity index (χ1n) is 7.62. The lowest BCUT2D eigenvalue weighted by Gasteiger charge is -2.13. The van der Waals surface area contributed by atoms with Crippen LogP contribution in [0.15, 0.2) is 24.4 Å². The third-order valence-corrected chi connectivity index (χ3v) is 3.49. The van der Waals surface area contributed by atoms with Gasteiger partial charge in [0.25, 0.3) is 5.91 Å². The molecule has 2 aromatic rings. The summed E-state index contributed by atoms with van der Waals surface area (Å²) in [5.41, 5.74) is 1.13. The fourth-order valence-corrected chi connectivity index (χ4v) is 2.34. The van der Waals surface area contributed by atoms with Gasteiger partial charge in [0.05, 0.1) is 31.0 Å². The molecule has 6 nitrogen and oxygen atoms in total. The highest BCUT2D eigenvalue weighted by molar-refractivity contribution is 6.32. The number of rotatable bonds is 7. The van der Waals surface area contributed by atoms with Crippen LogP contribution in [0.3, 0.4) is 0 Å². The van der Waals surface area contributed by atoms with Gasteiger partial charge in [0.1, 0.15) is 5.82 Å². The minimum absolute atomic E-state index is 0.270. The first kappa shape index (κ1) is 18.0. The molecule has 1 N–H and O–H groups in total. The molecular formula is C17H20ClN3O3. The molecule has 0 saturated heterocycles. The van der Waals surface area contributed by atoms with Crippen molar-refractivity contribution in [3.63, 3.8) is 0 Å². The number of methoxy groups -OCH3 is 1. The highest BCUT2D eigenvalue weighted by Gasteiger charge is 2.16. The molecule has 1 aromatic heterocycles. The number of aryl methyl sites for hydroxylation is 1. The predicted octanol–water partition coefficient (Wildman–Crippen LogP) is 3.17. The Balaban J connectivity index is 2.12. The van der Waals surface area contributed by atoms with Crippen LogP contribution in [0.1, 0.15) is 35.2 Å². The van der Waals surface area contributed by atoms with E-state index >= 15 is 0 Å². The number of ether oxygens (including phenoxy) is 2. The van der Waals surface area contributed by atoms with E-state index in [-0.39, 0.29) is 5.91 Å². The summed E-state index contributed by atoms with van der Waals surface area (Å²) in [6.07, 6.45) is 2.50. The maximum atomic E-state index is 12.3. The maximum Gasteiger partial charge on any atom is 0.251 e. The number of nitrogens with zero attached hydrogens (tertiary/aromatic N) is 2. The highest BCUT2D eigenvalue weighted by Crippen LogP contribution is 2.36. The van der Waals surface area contributed by atoms with Crippen LogP contribution in [0.2, 0.25) is 5.02 Å². The normalized spacial score (nSPS) is 10.3. The van der Waals surface area contributed by atoms with E-state index in [2.05, 4.69) is 15.3 Å². The molecule has 128 valence electrons. The number of amides is 1. The summed E-state index contributed by atoms with van der Waals surface area (Å²) in [5, 5.41) is 3.14. The standard InChI is InChI=1S/C17H20ClN3O3/c1-4-7-24-16-14(18)8-12(9-15(16)23-3)17(22)20-10-13-5-6-19-11(2)21-13/h5-6,8-9H,4,7,10H2,1-3H3,(H,20,22). The second-order valence-electron chi connectivity index (χ2n) is 5.12. The van der Waals surface area contributed by atoms with Crippen molar-refractivity contribution in [2.45, 2.75) is 26.8 Å². The van der Waals surface area contributed by atoms with Gasteiger partial charge in [-0.3, -0.25) is 4.79 Å². The molecule has 0 aliphatic rings. The second kappa shape index (κ2) is 8.49. The van der Waals surface area contributed by atoms with Gasteiger partial charge in [0.15, 0.2) is 11.5 Å². The summed E-state index contributed by atoms with van der Waals surface area (Å²) in [6, 6.07) is 4.93. The number of carbonyl (C=O) groups excluding carboxylic acids is 1. The molecule has 0 aliphatic heterocycles. The lowest BCUT2D eigenvalue weighted by Crippen LogP contribution is -2.23. The van der Waals surface area contributed by atoms with Crippen LogP contribution in [0.5, 0.6) is 11.5 Å². The number of carbonyl (C=O) groups is 1. The van der Waals surface area contributed by atoms with Crippen molar-refractivity contribution in [3.05, 3.63) is 46.5 Å². The largest absolute Gasteiger partial charge is 0.493 e. The Morgan fingerprint density at radius 2 is 2.17 bits per heavy atom. The molecule has 0 saturated carbocycles. The average molecular weight is 350 g/mol. The van der Waals surface area contributed by atoms with Gasteiger partial charge >= 0.3 is 0 Å². The minimum Gasteiger partial charge on any atom is -0.493 e. The SMILES string of the molecule is CCCOc1c(Cl)cc(C(=O)NCc2ccnc(C)n2)cc1OC. The molecule has 7 heteroatoms. The number of benzene rings is 1. The topological polar surface area (TPSA) is 73.3 Å². The van der Waals surface area contributed by atoms with Crippen molar-refractivity contribution >= 4 is 17.5 Å². The Kier molecular flexibility index (Phi) is 6.37. The molecule has 2 rings (SSSR count). The fraction of sp³-hybridized carbons (Fsp3) is 0.353. The van der Waals surface area contributed by atoms with Crippen molar-refractivity contribution in [3.8, 4) is 11.5 Å². The van der Waals surface area contributed by atoms with Crippen LogP contribution in [0.4, 0.5) is 0 Å². The predicted molar refractivity (Wildman–Crippen MR) is 91.7 cm³/mol. The van der Waals surface area contributed by atoms with Gasteiger partial charge < -0.3 is 14.8 Å². The molecule has 0 unspecified atom stereocenters. The molecule has 24 heavy (non-hydrogen) atoms. The van der Waals surface area contributed by atoms with E-state index in [9.17, 15) is 4.79 Å². The van der Waals surface area contributed by atoms with Crippen molar-refractivity contribution in [1.82, 2.24) is 15.3 Å². The van der Waals surface area contributed by atoms with Crippen molar-refractivity contribution in [1.29, 1.82) is 0 Å². The second-order valence-corrected chi connectivity index (χ2v) is 5.52. The van der Waals surface area contributed by atoms with Crippen molar-refractivity contribution in [2.75, 3.05) is 13.7 Å². The quantitative estimate of drug-likeness (QED) is 0.831. The van der Waals surface area contributed by atoms with Gasteiger partial charge in [0, 0.05) is 11.8 Å². The molecule has 1 amide bonds. The summed E-state index contributed by atoms with van der Waals surface area (Å²) in [6.45, 7) is 4.62. The summed E-state index contributed by atoms with van der Waals surface area (Å²) >= 11 is 6.23. The van der Waals surface area contributed by atoms with Crippen LogP contribution < -0.4 is 14.8 Å². The molecule has 0 bridgehead atoms. The number of hydrogen-bond donors (Lipinski definition) is 1. The summed E-state index contributed by atoms with van der Waals surface area (Å²) < 4.78 is 10.9. The number of aromatic nitrogens is 2. The molecule has 0 aliphatic carbocycles. The number of halogens is 1. The van der Waals surface area contributed by atoms with Gasteiger partial charge in [-0.05, 0) is 31.5 Å². The third kappa shape index (κ3) is 4.58. The zero-order valence-corrected chi connectivity index (χ0v) is 14.7. The van der Waals surface area contributed by atoms with E-state index in [1.165, 1.54) is 7.11 Å². The molecule has 0 radical (unpaired) electrons. The van der Waals surface area contributed by atoms with E-state index in [1.807, 2.05) is 6.92 Å². The van der Waals surface area contributed by atoms with Gasteiger partial charge in [-0.1, -0.05) is 18.5 Å². The molecule has 0 spiro atoms. The van der Waals surface area contributed by atoms with Gasteiger partial charge in [-0.25, -0.2) is 9.97 Å². The Labute approximate surface area is 146 Å². The van der Waals surface area contributed by atoms with Crippen LogP contribution in [0, 0.1) is 6.92 Å². The van der Waals surface area contributed by atoms with E-state index < -0.39 is 0 Å². The molecule has 1 heterocycles. The Hall–Kier alpha value is -2.34. The lowest BCUT2D eigenvalue weighted by atomic mass is 10.2. The Morgan fingerprint density at radius 1 is 1.38 bits per heavy atom. The zero-order valence-electron chi connectivity index (χ0n) is 13.9. The first-order valence-corrected chi connectivity index (χ1v) is 8.00. The van der Waals surface area contributed by atoms with Crippen LogP contribution in [-0.4, -0.2) is 29.6 Å². The minimum atomic E-state index is -0.270. The van der Waals surface area contributed by atoms with Crippen molar-refractivity contribution < 1.29 is 14.3 Å². The molecular weight excluding hydrogens is 330 g/mol. The third-order valence-electron chi connectivity index (χ3n) is 3.21. The Bertz CT molecular complexity index is 722. The van der Waals surface area contributed by atoms with E-state index in [1.54, 1.807) is 31.3 Å². The highest BCUT2D eigenvalue weighted by atomic mass is 35.5. The molecule has 0 fully saturated rings. The van der Waals surface area contributed by atoms with Gasteiger partial charge in [-0.15, -0.1) is 0 Å². The first-order chi connectivity index (χ1) is 11.5. The summed E-state index contributed by atoms with van der Waals surface area (Å²) in [4.78, 5) is 20.6. The fourth-order valence-electron chi connectivity index (χ4n) is 2.07. The van der Waals surface area contributed by atoms with Gasteiger partial charge in [0.2, 0.25) is 0 Å². The number of hydrogen-bond acceptors (Lipinski definition) is 5. The molecule has 1 aromatic carbocycles. The monoisotopic (exact) mass is 349 g/mol. The zero-order chi connectivity index (χ0) is 17.5. The summed E-state index contributed by atoms with van der Waals surface area (Å²) in [7, 11) is 1.51. The maximum absolute atomic E-state index is 12.3. The van der Waals surface area contributed by atoms with Crippen molar-refractivity contribution in [2.24, 2.45) is 0 Å². The average Bonchev–Trinajstić information content (AvgIpc) is 2.58. The summed E-state index contributed by atoms with van der Waals surface area (Å²) in [5.74, 6) is 1.26. The van der Waals surface area contributed by atoms with Crippen LogP contribution in [-0.2, 0) is 6.54 Å². The van der Waals surface area contributed by atoms with E-state index in [4.69, 9.17) is 21.1 Å². The van der Waals surface area contributed by atoms with Crippen LogP contribution in [0.25, 0.3) is 0 Å².